The number of hydrogen-bond acceptors (Lipinski definition) is 13. The van der Waals surface area contributed by atoms with Crippen LogP contribution < -0.4 is 21.0 Å². The number of β-lactam (4-membered cyclic amide) rings is 1. The fourth-order valence-electron chi connectivity index (χ4n) is 4.35. The summed E-state index contributed by atoms with van der Waals surface area (Å²) >= 11 is 2.55. The van der Waals surface area contributed by atoms with Gasteiger partial charge in [0.05, 0.1) is 12.6 Å². The molecule has 1 saturated heterocycles. The number of aliphatic carboxylic acids is 1. The Labute approximate surface area is 235 Å². The molecule has 3 aliphatic heterocycles. The van der Waals surface area contributed by atoms with E-state index in [0.29, 0.717) is 17.9 Å². The normalized spacial score (nSPS) is 20.3. The molecule has 0 aliphatic carbocycles. The molecule has 0 unspecified atom stereocenters. The van der Waals surface area contributed by atoms with Crippen LogP contribution in [0.2, 0.25) is 0 Å². The summed E-state index contributed by atoms with van der Waals surface area (Å²) in [7, 11) is -3.63. The number of nitrogens with two attached hydrogens (primary N) is 1. The molecule has 20 heteroatoms. The zero-order valence-electron chi connectivity index (χ0n) is 20.7. The molecule has 2 atom stereocenters. The van der Waals surface area contributed by atoms with Crippen LogP contribution in [0, 0.1) is 0 Å². The molecular weight excluding hydrogens is 592 g/mol. The molecule has 17 nitrogen and oxygen atoms in total. The van der Waals surface area contributed by atoms with Gasteiger partial charge in [-0.25, -0.2) is 18.2 Å². The fourth-order valence-corrected chi connectivity index (χ4v) is 6.23. The minimum Gasteiger partial charge on any atom is -0.726 e. The number of amides is 2. The minimum atomic E-state index is -4.92. The lowest BCUT2D eigenvalue weighted by atomic mass is 10.0. The van der Waals surface area contributed by atoms with Gasteiger partial charge in [-0.05, 0) is 6.42 Å². The third-order valence-corrected chi connectivity index (χ3v) is 7.91. The zero-order valence-corrected chi connectivity index (χ0v) is 23.2. The van der Waals surface area contributed by atoms with Gasteiger partial charge in [-0.15, -0.1) is 32.5 Å². The summed E-state index contributed by atoms with van der Waals surface area (Å²) in [6.45, 7) is 2.07. The second kappa shape index (κ2) is 11.8. The average molecular weight is 617 g/mol. The Morgan fingerprint density at radius 1 is 1.45 bits per heavy atom. The molecule has 40 heavy (non-hydrogen) atoms. The number of nitrogens with one attached hydrogen (secondary N) is 2. The van der Waals surface area contributed by atoms with Gasteiger partial charge in [0.25, 0.3) is 11.8 Å². The predicted octanol–water partition coefficient (Wildman–Crippen LogP) is -1.58. The van der Waals surface area contributed by atoms with E-state index in [1.807, 2.05) is 16.9 Å². The van der Waals surface area contributed by atoms with Crippen molar-refractivity contribution in [2.45, 2.75) is 30.9 Å². The van der Waals surface area contributed by atoms with Gasteiger partial charge in [0, 0.05) is 23.3 Å². The highest BCUT2D eigenvalue weighted by atomic mass is 32.3. The zero-order chi connectivity index (χ0) is 29.2. The van der Waals surface area contributed by atoms with E-state index >= 15 is 0 Å². The Morgan fingerprint density at radius 2 is 2.17 bits per heavy atom. The SMILES string of the molecule is CON=C(C(=O)N[C@@H]1C(=O)N2C(C(=O)O)=C(C[n+]3ccc4n3CCCN4)CS[C@H]12)c1csc(N)n1.O=S(=O)([O-])O. The van der Waals surface area contributed by atoms with E-state index in [0.717, 1.165) is 36.7 Å². The van der Waals surface area contributed by atoms with Crippen molar-refractivity contribution in [3.8, 4) is 0 Å². The van der Waals surface area contributed by atoms with E-state index < -0.39 is 39.6 Å². The number of carboxylic acids is 1. The first-order valence-corrected chi connectivity index (χ1v) is 14.7. The van der Waals surface area contributed by atoms with Crippen molar-refractivity contribution >= 4 is 67.9 Å². The highest BCUT2D eigenvalue weighted by molar-refractivity contribution is 8.00. The largest absolute Gasteiger partial charge is 0.726 e. The number of carboxylic acid groups (broad SMARTS) is 1. The maximum Gasteiger partial charge on any atom is 0.352 e. The topological polar surface area (TPSA) is 245 Å². The van der Waals surface area contributed by atoms with Crippen LogP contribution in [0.3, 0.4) is 0 Å². The molecule has 2 aromatic heterocycles. The highest BCUT2D eigenvalue weighted by Crippen LogP contribution is 2.40. The first kappa shape index (κ1) is 29.3. The van der Waals surface area contributed by atoms with Crippen LogP contribution in [0.1, 0.15) is 12.1 Å². The highest BCUT2D eigenvalue weighted by Gasteiger charge is 2.55. The van der Waals surface area contributed by atoms with Crippen molar-refractivity contribution in [2.24, 2.45) is 5.16 Å². The van der Waals surface area contributed by atoms with Crippen molar-refractivity contribution in [1.82, 2.24) is 19.9 Å². The van der Waals surface area contributed by atoms with Crippen molar-refractivity contribution in [3.05, 3.63) is 34.6 Å². The third-order valence-electron chi connectivity index (χ3n) is 5.90. The third kappa shape index (κ3) is 6.36. The summed E-state index contributed by atoms with van der Waals surface area (Å²) in [6, 6.07) is 1.05. The Hall–Kier alpha value is -3.72. The Bertz CT molecular complexity index is 1490. The molecule has 0 radical (unpaired) electrons. The van der Waals surface area contributed by atoms with Crippen molar-refractivity contribution in [1.29, 1.82) is 0 Å². The lowest BCUT2D eigenvalue weighted by Crippen LogP contribution is -2.71. The fraction of sp³-hybridized carbons (Fsp3) is 0.400. The number of anilines is 2. The van der Waals surface area contributed by atoms with Crippen molar-refractivity contribution in [3.63, 3.8) is 0 Å². The number of nitrogen functional groups attached to an aromatic ring is 1. The summed E-state index contributed by atoms with van der Waals surface area (Å²) < 4.78 is 36.9. The molecule has 1 fully saturated rings. The summed E-state index contributed by atoms with van der Waals surface area (Å²) in [4.78, 5) is 48.2. The quantitative estimate of drug-likeness (QED) is 0.0590. The van der Waals surface area contributed by atoms with E-state index in [1.54, 1.807) is 5.38 Å². The smallest absolute Gasteiger partial charge is 0.352 e. The molecule has 3 aliphatic rings. The number of aromatic nitrogens is 3. The Morgan fingerprint density at radius 3 is 2.80 bits per heavy atom. The van der Waals surface area contributed by atoms with E-state index in [9.17, 15) is 19.5 Å². The Kier molecular flexibility index (Phi) is 8.63. The molecule has 216 valence electrons. The second-order valence-corrected chi connectivity index (χ2v) is 11.3. The van der Waals surface area contributed by atoms with Gasteiger partial charge >= 0.3 is 5.97 Å². The van der Waals surface area contributed by atoms with Crippen molar-refractivity contribution < 1.29 is 46.5 Å². The van der Waals surface area contributed by atoms with E-state index in [4.69, 9.17) is 28.1 Å². The first-order chi connectivity index (χ1) is 18.9. The van der Waals surface area contributed by atoms with Gasteiger partial charge in [0.1, 0.15) is 29.9 Å². The number of nitrogens with zero attached hydrogens (tertiary/aromatic N) is 5. The van der Waals surface area contributed by atoms with E-state index in [1.165, 1.54) is 23.8 Å². The van der Waals surface area contributed by atoms with Gasteiger partial charge in [-0.2, -0.15) is 0 Å². The molecule has 0 aromatic carbocycles. The van der Waals surface area contributed by atoms with Crippen LogP contribution in [0.25, 0.3) is 0 Å². The van der Waals surface area contributed by atoms with E-state index in [2.05, 4.69) is 25.5 Å². The van der Waals surface area contributed by atoms with Crippen LogP contribution in [0.4, 0.5) is 10.9 Å². The number of thiazole rings is 1. The molecule has 2 amide bonds. The maximum absolute atomic E-state index is 13.0. The summed E-state index contributed by atoms with van der Waals surface area (Å²) in [5.74, 6) is -0.944. The van der Waals surface area contributed by atoms with Crippen LogP contribution in [0.5, 0.6) is 0 Å². The molecule has 6 N–H and O–H groups in total. The lowest BCUT2D eigenvalue weighted by molar-refractivity contribution is -0.768. The Balaban J connectivity index is 0.000000681. The van der Waals surface area contributed by atoms with Crippen LogP contribution in [-0.2, 0) is 42.7 Å². The number of carbonyl (C=O) groups excluding carboxylic acids is 2. The molecule has 0 bridgehead atoms. The average Bonchev–Trinajstić information content (AvgIpc) is 3.50. The number of thioether (sulfide) groups is 1. The molecule has 2 aromatic rings. The number of carbonyl (C=O) groups is 3. The summed E-state index contributed by atoms with van der Waals surface area (Å²) in [5, 5.41) is 20.9. The molecule has 0 spiro atoms. The molecule has 5 heterocycles. The first-order valence-electron chi connectivity index (χ1n) is 11.4. The van der Waals surface area contributed by atoms with Gasteiger partial charge in [-0.1, -0.05) is 5.16 Å². The molecule has 5 rings (SSSR count). The molecule has 0 saturated carbocycles. The van der Waals surface area contributed by atoms with Gasteiger partial charge < -0.3 is 30.9 Å². The van der Waals surface area contributed by atoms with Crippen LogP contribution in [0.15, 0.2) is 34.1 Å². The number of oxime groups is 1. The minimum absolute atomic E-state index is 0.0332. The van der Waals surface area contributed by atoms with Gasteiger partial charge in [-0.3, -0.25) is 19.0 Å². The van der Waals surface area contributed by atoms with Gasteiger partial charge in [0.15, 0.2) is 29.4 Å². The van der Waals surface area contributed by atoms with Gasteiger partial charge in [0.2, 0.25) is 10.4 Å². The second-order valence-electron chi connectivity index (χ2n) is 8.44. The number of rotatable bonds is 7. The van der Waals surface area contributed by atoms with E-state index in [-0.39, 0.29) is 22.2 Å². The maximum atomic E-state index is 13.0. The standard InChI is InChI=1S/C20H22N8O5S2.H2O4S/c1-33-25-13(11-9-35-20(21)23-11)16(29)24-14-17(30)28-15(19(31)32)10(8-34-18(14)28)7-26-6-3-12-22-4-2-5-27(12)26;1-5(2,3)4/h3,6,9,14,18H,2,4-5,7-8H2,1H3,(H4,21,23,24,29,31,32);(H2,1,2,3,4)/t14-,18-;/m1./s1. The lowest BCUT2D eigenvalue weighted by Gasteiger charge is -2.49. The predicted molar refractivity (Wildman–Crippen MR) is 140 cm³/mol. The van der Waals surface area contributed by atoms with Crippen molar-refractivity contribution in [2.75, 3.05) is 30.5 Å². The summed E-state index contributed by atoms with van der Waals surface area (Å²) in [5.41, 5.74) is 6.35. The van der Waals surface area contributed by atoms with Crippen LogP contribution >= 0.6 is 23.1 Å². The summed E-state index contributed by atoms with van der Waals surface area (Å²) in [6.07, 6.45) is 2.87. The monoisotopic (exact) mass is 616 g/mol. The molecular formula is C20H24N8O9S3. The van der Waals surface area contributed by atoms with Crippen LogP contribution in [-0.4, -0.2) is 91.5 Å². The number of hydrogen-bond donors (Lipinski definition) is 5. The number of fused-ring (bicyclic) bond motifs is 2.